The summed E-state index contributed by atoms with van der Waals surface area (Å²) in [6.07, 6.45) is 5.17. The Balaban J connectivity index is 1.40. The van der Waals surface area contributed by atoms with Crippen LogP contribution in [0.3, 0.4) is 0 Å². The summed E-state index contributed by atoms with van der Waals surface area (Å²) in [4.78, 5) is 14.6. The van der Waals surface area contributed by atoms with Gasteiger partial charge in [-0.2, -0.15) is 0 Å². The Kier molecular flexibility index (Phi) is 4.61. The first kappa shape index (κ1) is 16.4. The third-order valence-corrected chi connectivity index (χ3v) is 5.76. The molecule has 1 amide bonds. The number of thioether (sulfide) groups is 1. The van der Waals surface area contributed by atoms with Crippen LogP contribution in [0, 0.1) is 0 Å². The highest BCUT2D eigenvalue weighted by Crippen LogP contribution is 2.40. The lowest BCUT2D eigenvalue weighted by Gasteiger charge is -2.28. The van der Waals surface area contributed by atoms with Crippen molar-refractivity contribution in [2.24, 2.45) is 0 Å². The van der Waals surface area contributed by atoms with Gasteiger partial charge >= 0.3 is 0 Å². The van der Waals surface area contributed by atoms with Crippen molar-refractivity contribution in [3.05, 3.63) is 53.9 Å². The van der Waals surface area contributed by atoms with E-state index in [2.05, 4.69) is 39.5 Å². The first-order valence-electron chi connectivity index (χ1n) is 8.77. The van der Waals surface area contributed by atoms with Crippen molar-refractivity contribution in [1.82, 2.24) is 19.7 Å². The molecule has 130 valence electrons. The highest BCUT2D eigenvalue weighted by atomic mass is 32.2. The second kappa shape index (κ2) is 7.04. The predicted octanol–water partition coefficient (Wildman–Crippen LogP) is 3.02. The van der Waals surface area contributed by atoms with Crippen LogP contribution in [-0.4, -0.2) is 37.9 Å². The van der Waals surface area contributed by atoms with Crippen LogP contribution in [0.5, 0.6) is 0 Å². The second-order valence-electron chi connectivity index (χ2n) is 6.64. The molecule has 1 aromatic carbocycles. The van der Waals surface area contributed by atoms with Crippen LogP contribution in [0.2, 0.25) is 0 Å². The lowest BCUT2D eigenvalue weighted by Crippen LogP contribution is -2.37. The van der Waals surface area contributed by atoms with Crippen molar-refractivity contribution in [3.8, 4) is 0 Å². The maximum Gasteiger partial charge on any atom is 0.233 e. The monoisotopic (exact) mass is 354 g/mol. The molecule has 2 aliphatic rings. The summed E-state index contributed by atoms with van der Waals surface area (Å²) < 4.78 is 2.11. The number of carbonyl (C=O) groups is 1. The second-order valence-corrected chi connectivity index (χ2v) is 7.58. The van der Waals surface area contributed by atoms with E-state index in [4.69, 9.17) is 0 Å². The Bertz CT molecular complexity index is 796. The minimum Gasteiger partial charge on any atom is -0.337 e. The summed E-state index contributed by atoms with van der Waals surface area (Å²) >= 11 is 1.49. The molecule has 1 aliphatic heterocycles. The Morgan fingerprint density at radius 3 is 2.84 bits per heavy atom. The van der Waals surface area contributed by atoms with E-state index in [1.165, 1.54) is 35.7 Å². The van der Waals surface area contributed by atoms with Crippen LogP contribution in [0.1, 0.15) is 35.7 Å². The Morgan fingerprint density at radius 2 is 2.08 bits per heavy atom. The number of allylic oxidation sites excluding steroid dienone is 1. The maximum absolute atomic E-state index is 12.6. The third-order valence-electron chi connectivity index (χ3n) is 4.81. The van der Waals surface area contributed by atoms with Gasteiger partial charge in [0.2, 0.25) is 5.91 Å². The summed E-state index contributed by atoms with van der Waals surface area (Å²) in [5, 5.41) is 9.47. The van der Waals surface area contributed by atoms with E-state index in [9.17, 15) is 4.79 Å². The smallest absolute Gasteiger partial charge is 0.233 e. The van der Waals surface area contributed by atoms with E-state index in [1.54, 1.807) is 0 Å². The molecule has 0 N–H and O–H groups in total. The maximum atomic E-state index is 12.6. The minimum absolute atomic E-state index is 0.167. The molecular weight excluding hydrogens is 332 g/mol. The van der Waals surface area contributed by atoms with Gasteiger partial charge in [0, 0.05) is 25.6 Å². The zero-order chi connectivity index (χ0) is 17.2. The molecule has 2 aromatic rings. The number of nitrogens with zero attached hydrogens (tertiary/aromatic N) is 4. The molecule has 0 spiro atoms. The Morgan fingerprint density at radius 1 is 1.28 bits per heavy atom. The average Bonchev–Trinajstić information content (AvgIpc) is 3.41. The lowest BCUT2D eigenvalue weighted by molar-refractivity contribution is -0.129. The standard InChI is InChI=1S/C19H22N4OS/c1-2-10-23-18(15-7-8-15)20-21-19(23)25-13-17(24)22-11-9-14-5-3-4-6-16(14)12-22/h2-6,15H,1,7-13H2. The number of hydrogen-bond acceptors (Lipinski definition) is 4. The highest BCUT2D eigenvalue weighted by Gasteiger charge is 2.30. The molecule has 0 unspecified atom stereocenters. The Hall–Kier alpha value is -2.08. The molecular formula is C19H22N4OS. The normalized spacial score (nSPS) is 16.6. The summed E-state index contributed by atoms with van der Waals surface area (Å²) in [7, 11) is 0. The zero-order valence-corrected chi connectivity index (χ0v) is 15.0. The van der Waals surface area contributed by atoms with Crippen molar-refractivity contribution < 1.29 is 4.79 Å². The van der Waals surface area contributed by atoms with Crippen molar-refractivity contribution in [2.45, 2.75) is 43.4 Å². The number of amides is 1. The molecule has 0 saturated heterocycles. The fourth-order valence-electron chi connectivity index (χ4n) is 3.28. The van der Waals surface area contributed by atoms with Crippen molar-refractivity contribution in [2.75, 3.05) is 12.3 Å². The van der Waals surface area contributed by atoms with Gasteiger partial charge in [0.25, 0.3) is 0 Å². The number of aromatic nitrogens is 3. The van der Waals surface area contributed by atoms with Crippen LogP contribution in [0.25, 0.3) is 0 Å². The van der Waals surface area contributed by atoms with E-state index in [1.807, 2.05) is 17.0 Å². The molecule has 1 aliphatic carbocycles. The summed E-state index contributed by atoms with van der Waals surface area (Å²) in [6.45, 7) is 6.03. The molecule has 1 saturated carbocycles. The number of benzene rings is 1. The summed E-state index contributed by atoms with van der Waals surface area (Å²) in [6, 6.07) is 8.38. The van der Waals surface area contributed by atoms with Gasteiger partial charge in [0.1, 0.15) is 5.82 Å². The highest BCUT2D eigenvalue weighted by molar-refractivity contribution is 7.99. The van der Waals surface area contributed by atoms with E-state index >= 15 is 0 Å². The molecule has 2 heterocycles. The number of hydrogen-bond donors (Lipinski definition) is 0. The molecule has 0 bridgehead atoms. The van der Waals surface area contributed by atoms with E-state index < -0.39 is 0 Å². The molecule has 0 atom stereocenters. The molecule has 6 heteroatoms. The Labute approximate surface area is 152 Å². The predicted molar refractivity (Wildman–Crippen MR) is 98.5 cm³/mol. The van der Waals surface area contributed by atoms with Crippen LogP contribution in [0.4, 0.5) is 0 Å². The van der Waals surface area contributed by atoms with Gasteiger partial charge in [-0.1, -0.05) is 42.1 Å². The molecule has 0 radical (unpaired) electrons. The first-order valence-corrected chi connectivity index (χ1v) is 9.76. The van der Waals surface area contributed by atoms with Gasteiger partial charge in [-0.05, 0) is 30.4 Å². The van der Waals surface area contributed by atoms with Crippen molar-refractivity contribution >= 4 is 17.7 Å². The summed E-state index contributed by atoms with van der Waals surface area (Å²) in [5.74, 6) is 2.15. The average molecular weight is 354 g/mol. The fourth-order valence-corrected chi connectivity index (χ4v) is 4.13. The summed E-state index contributed by atoms with van der Waals surface area (Å²) in [5.41, 5.74) is 2.62. The first-order chi connectivity index (χ1) is 12.3. The van der Waals surface area contributed by atoms with Crippen LogP contribution in [-0.2, 0) is 24.3 Å². The van der Waals surface area contributed by atoms with Crippen molar-refractivity contribution in [1.29, 1.82) is 0 Å². The molecule has 1 fully saturated rings. The van der Waals surface area contributed by atoms with Crippen LogP contribution in [0.15, 0.2) is 42.1 Å². The van der Waals surface area contributed by atoms with Gasteiger partial charge in [-0.3, -0.25) is 4.79 Å². The van der Waals surface area contributed by atoms with Crippen LogP contribution < -0.4 is 0 Å². The van der Waals surface area contributed by atoms with Gasteiger partial charge in [-0.15, -0.1) is 16.8 Å². The SMILES string of the molecule is C=CCn1c(SCC(=O)N2CCc3ccccc3C2)nnc1C1CC1. The zero-order valence-electron chi connectivity index (χ0n) is 14.2. The van der Waals surface area contributed by atoms with E-state index in [-0.39, 0.29) is 5.91 Å². The number of carbonyl (C=O) groups excluding carboxylic acids is 1. The lowest BCUT2D eigenvalue weighted by atomic mass is 10.00. The van der Waals surface area contributed by atoms with Gasteiger partial charge in [0.15, 0.2) is 5.16 Å². The van der Waals surface area contributed by atoms with Gasteiger partial charge in [-0.25, -0.2) is 0 Å². The van der Waals surface area contributed by atoms with Gasteiger partial charge < -0.3 is 9.47 Å². The molecule has 5 nitrogen and oxygen atoms in total. The van der Waals surface area contributed by atoms with Gasteiger partial charge in [0.05, 0.1) is 5.75 Å². The topological polar surface area (TPSA) is 51.0 Å². The van der Waals surface area contributed by atoms with E-state index in [0.717, 1.165) is 23.9 Å². The molecule has 1 aromatic heterocycles. The number of fused-ring (bicyclic) bond motifs is 1. The van der Waals surface area contributed by atoms with E-state index in [0.29, 0.717) is 24.8 Å². The van der Waals surface area contributed by atoms with Crippen LogP contribution >= 0.6 is 11.8 Å². The third kappa shape index (κ3) is 3.49. The number of rotatable bonds is 6. The largest absolute Gasteiger partial charge is 0.337 e. The fraction of sp³-hybridized carbons (Fsp3) is 0.421. The molecule has 4 rings (SSSR count). The molecule has 25 heavy (non-hydrogen) atoms. The quantitative estimate of drug-likeness (QED) is 0.591. The minimum atomic E-state index is 0.167. The van der Waals surface area contributed by atoms with Crippen molar-refractivity contribution in [3.63, 3.8) is 0 Å².